The van der Waals surface area contributed by atoms with Gasteiger partial charge in [-0.25, -0.2) is 0 Å². The highest BCUT2D eigenvalue weighted by Crippen LogP contribution is 2.41. The molecular formula is C16H24O. The van der Waals surface area contributed by atoms with Gasteiger partial charge in [-0.15, -0.1) is 0 Å². The van der Waals surface area contributed by atoms with Crippen LogP contribution in [-0.2, 0) is 5.60 Å². The molecule has 0 amide bonds. The predicted molar refractivity (Wildman–Crippen MR) is 72.2 cm³/mol. The second kappa shape index (κ2) is 4.45. The Balaban J connectivity index is 2.36. The monoisotopic (exact) mass is 232 g/mol. The van der Waals surface area contributed by atoms with E-state index in [0.717, 1.165) is 37.2 Å². The molecule has 1 fully saturated rings. The molecule has 1 heteroatoms. The van der Waals surface area contributed by atoms with E-state index < -0.39 is 5.60 Å². The summed E-state index contributed by atoms with van der Waals surface area (Å²) in [5, 5.41) is 10.9. The van der Waals surface area contributed by atoms with Gasteiger partial charge in [-0.3, -0.25) is 0 Å². The van der Waals surface area contributed by atoms with Crippen molar-refractivity contribution in [2.45, 2.75) is 59.0 Å². The SMILES string of the molecule is Cc1cc(C)c(C2(O)CCC(C)CC2)cc1C. The largest absolute Gasteiger partial charge is 0.385 e. The van der Waals surface area contributed by atoms with Gasteiger partial charge in [-0.2, -0.15) is 0 Å². The number of aliphatic hydroxyl groups is 1. The highest BCUT2D eigenvalue weighted by atomic mass is 16.3. The van der Waals surface area contributed by atoms with Crippen molar-refractivity contribution in [2.75, 3.05) is 0 Å². The summed E-state index contributed by atoms with van der Waals surface area (Å²) < 4.78 is 0. The zero-order chi connectivity index (χ0) is 12.6. The van der Waals surface area contributed by atoms with Crippen LogP contribution in [0.2, 0.25) is 0 Å². The van der Waals surface area contributed by atoms with Crippen molar-refractivity contribution in [3.63, 3.8) is 0 Å². The highest BCUT2D eigenvalue weighted by Gasteiger charge is 2.34. The Bertz CT molecular complexity index is 412. The fourth-order valence-corrected chi connectivity index (χ4v) is 2.97. The van der Waals surface area contributed by atoms with Gasteiger partial charge in [0.05, 0.1) is 5.60 Å². The minimum atomic E-state index is -0.574. The lowest BCUT2D eigenvalue weighted by atomic mass is 9.74. The maximum atomic E-state index is 10.9. The van der Waals surface area contributed by atoms with E-state index in [-0.39, 0.29) is 0 Å². The van der Waals surface area contributed by atoms with E-state index in [0.29, 0.717) is 0 Å². The molecule has 1 aromatic rings. The van der Waals surface area contributed by atoms with E-state index in [1.54, 1.807) is 0 Å². The van der Waals surface area contributed by atoms with Crippen LogP contribution in [-0.4, -0.2) is 5.11 Å². The molecule has 0 aromatic heterocycles. The highest BCUT2D eigenvalue weighted by molar-refractivity contribution is 5.39. The molecule has 1 saturated carbocycles. The van der Waals surface area contributed by atoms with E-state index in [9.17, 15) is 5.11 Å². The minimum Gasteiger partial charge on any atom is -0.385 e. The van der Waals surface area contributed by atoms with E-state index in [1.165, 1.54) is 16.7 Å². The average molecular weight is 232 g/mol. The first-order valence-electron chi connectivity index (χ1n) is 6.73. The molecule has 0 bridgehead atoms. The molecule has 94 valence electrons. The van der Waals surface area contributed by atoms with Crippen LogP contribution in [0.4, 0.5) is 0 Å². The molecule has 0 radical (unpaired) electrons. The summed E-state index contributed by atoms with van der Waals surface area (Å²) in [5.74, 6) is 0.766. The first-order chi connectivity index (χ1) is 7.92. The van der Waals surface area contributed by atoms with E-state index in [1.807, 2.05) is 0 Å². The molecule has 1 aromatic carbocycles. The Hall–Kier alpha value is -0.820. The number of hydrogen-bond donors (Lipinski definition) is 1. The second-order valence-electron chi connectivity index (χ2n) is 5.97. The molecule has 1 nitrogen and oxygen atoms in total. The third-order valence-electron chi connectivity index (χ3n) is 4.44. The lowest BCUT2D eigenvalue weighted by Crippen LogP contribution is -2.31. The van der Waals surface area contributed by atoms with Gasteiger partial charge in [0.1, 0.15) is 0 Å². The number of aryl methyl sites for hydroxylation is 3. The third-order valence-corrected chi connectivity index (χ3v) is 4.44. The zero-order valence-corrected chi connectivity index (χ0v) is 11.5. The van der Waals surface area contributed by atoms with Gasteiger partial charge in [-0.05, 0) is 74.6 Å². The fraction of sp³-hybridized carbons (Fsp3) is 0.625. The van der Waals surface area contributed by atoms with Crippen LogP contribution in [0.5, 0.6) is 0 Å². The summed E-state index contributed by atoms with van der Waals surface area (Å²) in [5.41, 5.74) is 4.43. The number of rotatable bonds is 1. The smallest absolute Gasteiger partial charge is 0.0899 e. The summed E-state index contributed by atoms with van der Waals surface area (Å²) in [7, 11) is 0. The molecule has 2 rings (SSSR count). The molecule has 0 heterocycles. The first kappa shape index (κ1) is 12.6. The van der Waals surface area contributed by atoms with Crippen LogP contribution in [0.25, 0.3) is 0 Å². The fourth-order valence-electron chi connectivity index (χ4n) is 2.97. The van der Waals surface area contributed by atoms with Gasteiger partial charge in [-0.1, -0.05) is 19.1 Å². The molecule has 0 unspecified atom stereocenters. The van der Waals surface area contributed by atoms with Gasteiger partial charge in [0, 0.05) is 0 Å². The Labute approximate surface area is 105 Å². The summed E-state index contributed by atoms with van der Waals surface area (Å²) in [6.07, 6.45) is 4.11. The quantitative estimate of drug-likeness (QED) is 0.775. The Morgan fingerprint density at radius 1 is 1.00 bits per heavy atom. The summed E-state index contributed by atoms with van der Waals surface area (Å²) >= 11 is 0. The first-order valence-corrected chi connectivity index (χ1v) is 6.73. The van der Waals surface area contributed by atoms with Gasteiger partial charge in [0.25, 0.3) is 0 Å². The van der Waals surface area contributed by atoms with Crippen molar-refractivity contribution in [1.29, 1.82) is 0 Å². The van der Waals surface area contributed by atoms with Crippen molar-refractivity contribution in [1.82, 2.24) is 0 Å². The van der Waals surface area contributed by atoms with E-state index >= 15 is 0 Å². The third kappa shape index (κ3) is 2.40. The van der Waals surface area contributed by atoms with Gasteiger partial charge in [0.2, 0.25) is 0 Å². The number of benzene rings is 1. The van der Waals surface area contributed by atoms with Crippen LogP contribution in [0.15, 0.2) is 12.1 Å². The topological polar surface area (TPSA) is 20.2 Å². The van der Waals surface area contributed by atoms with Crippen LogP contribution in [0.1, 0.15) is 54.9 Å². The van der Waals surface area contributed by atoms with Gasteiger partial charge < -0.3 is 5.11 Å². The van der Waals surface area contributed by atoms with Crippen molar-refractivity contribution >= 4 is 0 Å². The molecular weight excluding hydrogens is 208 g/mol. The van der Waals surface area contributed by atoms with Crippen LogP contribution in [0, 0.1) is 26.7 Å². The Morgan fingerprint density at radius 3 is 2.12 bits per heavy atom. The molecule has 0 atom stereocenters. The maximum Gasteiger partial charge on any atom is 0.0899 e. The summed E-state index contributed by atoms with van der Waals surface area (Å²) in [6, 6.07) is 4.40. The van der Waals surface area contributed by atoms with Crippen LogP contribution < -0.4 is 0 Å². The van der Waals surface area contributed by atoms with Crippen molar-refractivity contribution in [3.05, 3.63) is 34.4 Å². The standard InChI is InChI=1S/C16H24O/c1-11-5-7-16(17,8-6-11)15-10-13(3)12(2)9-14(15)4/h9-11,17H,5-8H2,1-4H3. The summed E-state index contributed by atoms with van der Waals surface area (Å²) in [6.45, 7) is 8.68. The predicted octanol–water partition coefficient (Wildman–Crippen LogP) is 4.01. The molecule has 0 spiro atoms. The van der Waals surface area contributed by atoms with E-state index in [4.69, 9.17) is 0 Å². The molecule has 1 N–H and O–H groups in total. The second-order valence-corrected chi connectivity index (χ2v) is 5.97. The molecule has 0 saturated heterocycles. The van der Waals surface area contributed by atoms with Crippen molar-refractivity contribution in [3.8, 4) is 0 Å². The average Bonchev–Trinajstić information content (AvgIpc) is 2.28. The molecule has 1 aliphatic rings. The van der Waals surface area contributed by atoms with Crippen molar-refractivity contribution in [2.24, 2.45) is 5.92 Å². The molecule has 1 aliphatic carbocycles. The maximum absolute atomic E-state index is 10.9. The van der Waals surface area contributed by atoms with E-state index in [2.05, 4.69) is 39.8 Å². The Morgan fingerprint density at radius 2 is 1.53 bits per heavy atom. The summed E-state index contributed by atoms with van der Waals surface area (Å²) in [4.78, 5) is 0. The minimum absolute atomic E-state index is 0.574. The lowest BCUT2D eigenvalue weighted by Gasteiger charge is -2.36. The van der Waals surface area contributed by atoms with Crippen molar-refractivity contribution < 1.29 is 5.11 Å². The van der Waals surface area contributed by atoms with Crippen LogP contribution >= 0.6 is 0 Å². The zero-order valence-electron chi connectivity index (χ0n) is 11.5. The molecule has 17 heavy (non-hydrogen) atoms. The number of hydrogen-bond acceptors (Lipinski definition) is 1. The normalized spacial score (nSPS) is 29.4. The van der Waals surface area contributed by atoms with Gasteiger partial charge >= 0.3 is 0 Å². The van der Waals surface area contributed by atoms with Gasteiger partial charge in [0.15, 0.2) is 0 Å². The lowest BCUT2D eigenvalue weighted by molar-refractivity contribution is -0.0125. The molecule has 0 aliphatic heterocycles. The van der Waals surface area contributed by atoms with Crippen LogP contribution in [0.3, 0.4) is 0 Å². The Kier molecular flexibility index (Phi) is 3.31.